The second kappa shape index (κ2) is 12.1. The van der Waals surface area contributed by atoms with Gasteiger partial charge in [-0.1, -0.05) is 53.4 Å². The Bertz CT molecular complexity index is 1060. The molecule has 1 aliphatic rings. The molecule has 35 heavy (non-hydrogen) atoms. The smallest absolute Gasteiger partial charge is 0.338 e. The molecule has 0 spiro atoms. The van der Waals surface area contributed by atoms with Crippen LogP contribution in [0, 0.1) is 6.92 Å². The SMILES string of the molecule is Cc1c(Br)ccc(C2NC2CCCCCCc2ccc(C(=O)OC(C)(C)C)cc2)c1C(=O)CC=O. The summed E-state index contributed by atoms with van der Waals surface area (Å²) < 4.78 is 6.31. The van der Waals surface area contributed by atoms with Gasteiger partial charge in [-0.05, 0) is 81.8 Å². The van der Waals surface area contributed by atoms with E-state index in [0.717, 1.165) is 54.1 Å². The summed E-state index contributed by atoms with van der Waals surface area (Å²) in [6.45, 7) is 7.53. The number of carbonyl (C=O) groups is 3. The lowest BCUT2D eigenvalue weighted by Crippen LogP contribution is -2.23. The molecular formula is C29H36BrNO4. The van der Waals surface area contributed by atoms with Gasteiger partial charge in [-0.3, -0.25) is 4.79 Å². The van der Waals surface area contributed by atoms with Gasteiger partial charge in [0.05, 0.1) is 12.0 Å². The van der Waals surface area contributed by atoms with E-state index in [4.69, 9.17) is 4.74 Å². The average Bonchev–Trinajstić information content (AvgIpc) is 3.56. The van der Waals surface area contributed by atoms with Crippen molar-refractivity contribution in [2.24, 2.45) is 0 Å². The third-order valence-corrected chi connectivity index (χ3v) is 7.18. The number of esters is 1. The number of aryl methyl sites for hydroxylation is 1. The monoisotopic (exact) mass is 541 g/mol. The van der Waals surface area contributed by atoms with E-state index in [1.54, 1.807) is 0 Å². The molecule has 2 unspecified atom stereocenters. The molecule has 5 nitrogen and oxygen atoms in total. The molecular weight excluding hydrogens is 506 g/mol. The van der Waals surface area contributed by atoms with Crippen LogP contribution in [0.5, 0.6) is 0 Å². The molecule has 0 radical (unpaired) electrons. The number of nitrogens with one attached hydrogen (secondary N) is 1. The van der Waals surface area contributed by atoms with Gasteiger partial charge in [0, 0.05) is 22.1 Å². The fourth-order valence-corrected chi connectivity index (χ4v) is 4.77. The third-order valence-electron chi connectivity index (χ3n) is 6.32. The second-order valence-corrected chi connectivity index (χ2v) is 11.2. The summed E-state index contributed by atoms with van der Waals surface area (Å²) in [6.07, 6.45) is 7.25. The van der Waals surface area contributed by atoms with Gasteiger partial charge in [0.25, 0.3) is 0 Å². The van der Waals surface area contributed by atoms with Gasteiger partial charge in [0.2, 0.25) is 0 Å². The summed E-state index contributed by atoms with van der Waals surface area (Å²) in [6, 6.07) is 12.3. The van der Waals surface area contributed by atoms with E-state index in [1.807, 2.05) is 64.1 Å². The Morgan fingerprint density at radius 3 is 2.37 bits per heavy atom. The molecule has 2 aromatic rings. The van der Waals surface area contributed by atoms with Crippen molar-refractivity contribution in [1.29, 1.82) is 0 Å². The van der Waals surface area contributed by atoms with Crippen LogP contribution in [0.25, 0.3) is 0 Å². The minimum Gasteiger partial charge on any atom is -0.456 e. The first-order chi connectivity index (χ1) is 16.6. The predicted molar refractivity (Wildman–Crippen MR) is 142 cm³/mol. The van der Waals surface area contributed by atoms with Gasteiger partial charge in [0.15, 0.2) is 5.78 Å². The zero-order valence-electron chi connectivity index (χ0n) is 21.2. The van der Waals surface area contributed by atoms with Crippen LogP contribution in [0.2, 0.25) is 0 Å². The normalized spacial score (nSPS) is 17.2. The molecule has 0 aromatic heterocycles. The zero-order chi connectivity index (χ0) is 25.6. The summed E-state index contributed by atoms with van der Waals surface area (Å²) >= 11 is 3.51. The molecule has 1 saturated heterocycles. The van der Waals surface area contributed by atoms with E-state index in [2.05, 4.69) is 21.2 Å². The van der Waals surface area contributed by atoms with Crippen molar-refractivity contribution in [3.63, 3.8) is 0 Å². The van der Waals surface area contributed by atoms with E-state index >= 15 is 0 Å². The van der Waals surface area contributed by atoms with Crippen LogP contribution >= 0.6 is 15.9 Å². The molecule has 0 bridgehead atoms. The number of rotatable bonds is 12. The number of halogens is 1. The molecule has 3 rings (SSSR count). The Labute approximate surface area is 217 Å². The molecule has 6 heteroatoms. The highest BCUT2D eigenvalue weighted by Crippen LogP contribution is 2.38. The van der Waals surface area contributed by atoms with E-state index in [1.165, 1.54) is 5.56 Å². The van der Waals surface area contributed by atoms with Gasteiger partial charge in [-0.2, -0.15) is 0 Å². The van der Waals surface area contributed by atoms with E-state index in [-0.39, 0.29) is 24.2 Å². The van der Waals surface area contributed by atoms with Crippen LogP contribution in [-0.2, 0) is 16.0 Å². The van der Waals surface area contributed by atoms with E-state index in [0.29, 0.717) is 23.5 Å². The maximum Gasteiger partial charge on any atom is 0.338 e. The first kappa shape index (κ1) is 27.3. The van der Waals surface area contributed by atoms with Gasteiger partial charge in [0.1, 0.15) is 11.9 Å². The number of ketones is 1. The van der Waals surface area contributed by atoms with Gasteiger partial charge in [-0.25, -0.2) is 4.79 Å². The lowest BCUT2D eigenvalue weighted by atomic mass is 9.93. The summed E-state index contributed by atoms with van der Waals surface area (Å²) in [5, 5.41) is 3.52. The number of hydrogen-bond acceptors (Lipinski definition) is 5. The number of benzene rings is 2. The Hall–Kier alpha value is -2.31. The highest BCUT2D eigenvalue weighted by molar-refractivity contribution is 9.10. The molecule has 2 aromatic carbocycles. The molecule has 188 valence electrons. The average molecular weight is 543 g/mol. The zero-order valence-corrected chi connectivity index (χ0v) is 22.7. The maximum atomic E-state index is 12.5. The van der Waals surface area contributed by atoms with Crippen molar-refractivity contribution in [3.05, 3.63) is 68.7 Å². The van der Waals surface area contributed by atoms with Crippen LogP contribution in [0.4, 0.5) is 0 Å². The number of Topliss-reactive ketones (excluding diaryl/α,β-unsaturated/α-hetero) is 1. The van der Waals surface area contributed by atoms with Gasteiger partial charge >= 0.3 is 5.97 Å². The summed E-state index contributed by atoms with van der Waals surface area (Å²) in [4.78, 5) is 35.5. The van der Waals surface area contributed by atoms with E-state index < -0.39 is 5.60 Å². The second-order valence-electron chi connectivity index (χ2n) is 10.3. The predicted octanol–water partition coefficient (Wildman–Crippen LogP) is 6.69. The highest BCUT2D eigenvalue weighted by Gasteiger charge is 2.39. The molecule has 2 atom stereocenters. The topological polar surface area (TPSA) is 82.4 Å². The third kappa shape index (κ3) is 7.84. The van der Waals surface area contributed by atoms with Crippen molar-refractivity contribution in [1.82, 2.24) is 5.32 Å². The standard InChI is InChI=1S/C29H36BrNO4/c1-19-23(30)16-15-22(26(19)25(33)17-18-32)27-24(31-27)10-8-6-5-7-9-20-11-13-21(14-12-20)28(34)35-29(2,3)4/h11-16,18,24,27,31H,5-10,17H2,1-4H3. The lowest BCUT2D eigenvalue weighted by Gasteiger charge is -2.19. The van der Waals surface area contributed by atoms with Crippen molar-refractivity contribution in [2.45, 2.75) is 90.3 Å². The summed E-state index contributed by atoms with van der Waals surface area (Å²) in [5.74, 6) is -0.394. The number of aldehydes is 1. The van der Waals surface area contributed by atoms with Crippen molar-refractivity contribution in [2.75, 3.05) is 0 Å². The summed E-state index contributed by atoms with van der Waals surface area (Å²) in [5.41, 5.74) is 3.94. The Kier molecular flexibility index (Phi) is 9.42. The highest BCUT2D eigenvalue weighted by atomic mass is 79.9. The van der Waals surface area contributed by atoms with E-state index in [9.17, 15) is 14.4 Å². The number of hydrogen-bond donors (Lipinski definition) is 1. The van der Waals surface area contributed by atoms with Crippen molar-refractivity contribution in [3.8, 4) is 0 Å². The summed E-state index contributed by atoms with van der Waals surface area (Å²) in [7, 11) is 0. The Morgan fingerprint density at radius 2 is 1.71 bits per heavy atom. The quantitative estimate of drug-likeness (QED) is 0.0807. The minimum atomic E-state index is -0.487. The number of ether oxygens (including phenoxy) is 1. The lowest BCUT2D eigenvalue weighted by molar-refractivity contribution is -0.107. The Morgan fingerprint density at radius 1 is 1.03 bits per heavy atom. The Balaban J connectivity index is 1.39. The van der Waals surface area contributed by atoms with Crippen LogP contribution < -0.4 is 5.32 Å². The van der Waals surface area contributed by atoms with Crippen LogP contribution in [0.15, 0.2) is 40.9 Å². The fraction of sp³-hybridized carbons (Fsp3) is 0.483. The minimum absolute atomic E-state index is 0.0780. The van der Waals surface area contributed by atoms with Crippen molar-refractivity contribution < 1.29 is 19.1 Å². The maximum absolute atomic E-state index is 12.5. The van der Waals surface area contributed by atoms with Crippen LogP contribution in [0.1, 0.15) is 103 Å². The van der Waals surface area contributed by atoms with Gasteiger partial charge in [-0.15, -0.1) is 0 Å². The van der Waals surface area contributed by atoms with Crippen LogP contribution in [-0.4, -0.2) is 29.7 Å². The number of carbonyl (C=O) groups excluding carboxylic acids is 3. The first-order valence-electron chi connectivity index (χ1n) is 12.4. The molecule has 1 fully saturated rings. The molecule has 1 heterocycles. The molecule has 1 aliphatic heterocycles. The molecule has 0 saturated carbocycles. The van der Waals surface area contributed by atoms with Gasteiger partial charge < -0.3 is 14.8 Å². The molecule has 0 aliphatic carbocycles. The van der Waals surface area contributed by atoms with Crippen molar-refractivity contribution >= 4 is 34.0 Å². The fourth-order valence-electron chi connectivity index (χ4n) is 4.44. The largest absolute Gasteiger partial charge is 0.456 e. The first-order valence-corrected chi connectivity index (χ1v) is 13.2. The molecule has 0 amide bonds. The van der Waals surface area contributed by atoms with Crippen LogP contribution in [0.3, 0.4) is 0 Å². The molecule has 1 N–H and O–H groups in total. The number of unbranched alkanes of at least 4 members (excludes halogenated alkanes) is 3.